The fourth-order valence-corrected chi connectivity index (χ4v) is 0.996. The highest BCUT2D eigenvalue weighted by Gasteiger charge is 2.32. The van der Waals surface area contributed by atoms with Crippen LogP contribution in [0.4, 0.5) is 0 Å². The Morgan fingerprint density at radius 2 is 2.40 bits per heavy atom. The van der Waals surface area contributed by atoms with Crippen LogP contribution < -0.4 is 5.32 Å². The van der Waals surface area contributed by atoms with E-state index in [1.54, 1.807) is 6.92 Å². The second kappa shape index (κ2) is 2.28. The van der Waals surface area contributed by atoms with Gasteiger partial charge in [-0.3, -0.25) is 4.79 Å². The zero-order valence-corrected chi connectivity index (χ0v) is 5.63. The zero-order chi connectivity index (χ0) is 7.72. The maximum absolute atomic E-state index is 10.7. The molecule has 1 amide bonds. The van der Waals surface area contributed by atoms with Crippen molar-refractivity contribution in [3.63, 3.8) is 0 Å². The maximum Gasteiger partial charge on any atom is 0.326 e. The normalized spacial score (nSPS) is 31.9. The van der Waals surface area contributed by atoms with Gasteiger partial charge in [0.1, 0.15) is 6.04 Å². The third-order valence-corrected chi connectivity index (χ3v) is 1.65. The molecule has 1 fully saturated rings. The van der Waals surface area contributed by atoms with E-state index >= 15 is 0 Å². The lowest BCUT2D eigenvalue weighted by molar-refractivity contribution is -0.140. The second-order valence-corrected chi connectivity index (χ2v) is 2.54. The quantitative estimate of drug-likeness (QED) is 0.524. The Bertz CT molecular complexity index is 178. The summed E-state index contributed by atoms with van der Waals surface area (Å²) in [5.41, 5.74) is 0. The Morgan fingerprint density at radius 1 is 1.80 bits per heavy atom. The lowest BCUT2D eigenvalue weighted by atomic mass is 10.1. The molecule has 0 spiro atoms. The monoisotopic (exact) mass is 143 g/mol. The number of amides is 1. The van der Waals surface area contributed by atoms with Crippen molar-refractivity contribution < 1.29 is 14.7 Å². The molecule has 1 saturated heterocycles. The zero-order valence-electron chi connectivity index (χ0n) is 5.63. The minimum atomic E-state index is -0.947. The van der Waals surface area contributed by atoms with Gasteiger partial charge < -0.3 is 10.4 Å². The van der Waals surface area contributed by atoms with Gasteiger partial charge in [-0.25, -0.2) is 4.79 Å². The van der Waals surface area contributed by atoms with Crippen molar-refractivity contribution in [1.29, 1.82) is 0 Å². The van der Waals surface area contributed by atoms with Crippen LogP contribution in [-0.2, 0) is 9.59 Å². The predicted octanol–water partition coefficient (Wildman–Crippen LogP) is -0.404. The molecule has 1 heterocycles. The number of carbonyl (C=O) groups is 2. The third kappa shape index (κ3) is 1.10. The van der Waals surface area contributed by atoms with Gasteiger partial charge in [0.05, 0.1) is 0 Å². The van der Waals surface area contributed by atoms with Crippen molar-refractivity contribution in [2.45, 2.75) is 19.4 Å². The van der Waals surface area contributed by atoms with Gasteiger partial charge >= 0.3 is 5.97 Å². The van der Waals surface area contributed by atoms with Gasteiger partial charge in [0.25, 0.3) is 0 Å². The fourth-order valence-electron chi connectivity index (χ4n) is 0.996. The van der Waals surface area contributed by atoms with Crippen molar-refractivity contribution in [2.24, 2.45) is 5.92 Å². The van der Waals surface area contributed by atoms with Crippen LogP contribution >= 0.6 is 0 Å². The Hall–Kier alpha value is -1.06. The molecule has 4 heteroatoms. The van der Waals surface area contributed by atoms with Gasteiger partial charge in [-0.15, -0.1) is 0 Å². The first-order chi connectivity index (χ1) is 4.61. The first kappa shape index (κ1) is 7.05. The minimum absolute atomic E-state index is 0.152. The van der Waals surface area contributed by atoms with Gasteiger partial charge in [-0.2, -0.15) is 0 Å². The Labute approximate surface area is 58.2 Å². The van der Waals surface area contributed by atoms with Crippen LogP contribution in [0.15, 0.2) is 0 Å². The topological polar surface area (TPSA) is 66.4 Å². The van der Waals surface area contributed by atoms with Crippen LogP contribution in [0.1, 0.15) is 13.3 Å². The Kier molecular flexibility index (Phi) is 1.61. The van der Waals surface area contributed by atoms with E-state index in [-0.39, 0.29) is 11.8 Å². The average Bonchev–Trinajstić information content (AvgIpc) is 2.13. The summed E-state index contributed by atoms with van der Waals surface area (Å²) in [5.74, 6) is -1.26. The molecule has 0 aromatic carbocycles. The molecule has 1 aliphatic heterocycles. The number of carbonyl (C=O) groups excluding carboxylic acids is 1. The molecule has 0 aliphatic carbocycles. The van der Waals surface area contributed by atoms with Crippen molar-refractivity contribution >= 4 is 11.9 Å². The van der Waals surface area contributed by atoms with Gasteiger partial charge in [-0.1, -0.05) is 6.92 Å². The van der Waals surface area contributed by atoms with Crippen LogP contribution in [0.2, 0.25) is 0 Å². The molecule has 4 nitrogen and oxygen atoms in total. The van der Waals surface area contributed by atoms with E-state index in [0.717, 1.165) is 0 Å². The maximum atomic E-state index is 10.7. The summed E-state index contributed by atoms with van der Waals surface area (Å²) < 4.78 is 0. The van der Waals surface area contributed by atoms with Crippen molar-refractivity contribution in [3.05, 3.63) is 0 Å². The molecule has 0 aromatic rings. The SMILES string of the molecule is CC1CC(C(=O)O)NC1=O. The van der Waals surface area contributed by atoms with Crippen LogP contribution in [0, 0.1) is 5.92 Å². The van der Waals surface area contributed by atoms with Crippen LogP contribution in [-0.4, -0.2) is 23.0 Å². The number of nitrogens with one attached hydrogen (secondary N) is 1. The summed E-state index contributed by atoms with van der Waals surface area (Å²) in [5, 5.41) is 10.8. The van der Waals surface area contributed by atoms with Gasteiger partial charge in [0.15, 0.2) is 0 Å². The van der Waals surface area contributed by atoms with E-state index in [2.05, 4.69) is 5.32 Å². The van der Waals surface area contributed by atoms with E-state index < -0.39 is 12.0 Å². The molecular formula is C6H9NO3. The number of aliphatic carboxylic acids is 1. The Balaban J connectivity index is 2.57. The summed E-state index contributed by atoms with van der Waals surface area (Å²) >= 11 is 0. The number of rotatable bonds is 1. The highest BCUT2D eigenvalue weighted by atomic mass is 16.4. The molecule has 0 aromatic heterocycles. The number of hydrogen-bond donors (Lipinski definition) is 2. The summed E-state index contributed by atoms with van der Waals surface area (Å²) in [4.78, 5) is 21.0. The summed E-state index contributed by atoms with van der Waals surface area (Å²) in [6.07, 6.45) is 0.411. The summed E-state index contributed by atoms with van der Waals surface area (Å²) in [6.45, 7) is 1.72. The molecule has 56 valence electrons. The summed E-state index contributed by atoms with van der Waals surface area (Å²) in [7, 11) is 0. The van der Waals surface area contributed by atoms with Gasteiger partial charge in [0, 0.05) is 5.92 Å². The minimum Gasteiger partial charge on any atom is -0.480 e. The second-order valence-electron chi connectivity index (χ2n) is 2.54. The van der Waals surface area contributed by atoms with Gasteiger partial charge in [-0.05, 0) is 6.42 Å². The summed E-state index contributed by atoms with van der Waals surface area (Å²) in [6, 6.07) is -0.664. The smallest absolute Gasteiger partial charge is 0.326 e. The number of carboxylic acids is 1. The molecule has 10 heavy (non-hydrogen) atoms. The highest BCUT2D eigenvalue weighted by molar-refractivity contribution is 5.88. The lowest BCUT2D eigenvalue weighted by Crippen LogP contribution is -2.32. The lowest BCUT2D eigenvalue weighted by Gasteiger charge is -1.99. The molecule has 0 radical (unpaired) electrons. The molecule has 1 aliphatic rings. The fraction of sp³-hybridized carbons (Fsp3) is 0.667. The number of carboxylic acid groups (broad SMARTS) is 1. The first-order valence-corrected chi connectivity index (χ1v) is 3.14. The number of hydrogen-bond acceptors (Lipinski definition) is 2. The third-order valence-electron chi connectivity index (χ3n) is 1.65. The molecule has 2 atom stereocenters. The molecule has 1 rings (SSSR count). The molecular weight excluding hydrogens is 134 g/mol. The predicted molar refractivity (Wildman–Crippen MR) is 33.3 cm³/mol. The van der Waals surface area contributed by atoms with Crippen LogP contribution in [0.25, 0.3) is 0 Å². The van der Waals surface area contributed by atoms with Crippen molar-refractivity contribution in [1.82, 2.24) is 5.32 Å². The van der Waals surface area contributed by atoms with E-state index in [9.17, 15) is 9.59 Å². The average molecular weight is 143 g/mol. The van der Waals surface area contributed by atoms with Gasteiger partial charge in [0.2, 0.25) is 5.91 Å². The van der Waals surface area contributed by atoms with E-state index in [1.807, 2.05) is 0 Å². The largest absolute Gasteiger partial charge is 0.480 e. The highest BCUT2D eigenvalue weighted by Crippen LogP contribution is 2.13. The van der Waals surface area contributed by atoms with Crippen molar-refractivity contribution in [3.8, 4) is 0 Å². The molecule has 0 saturated carbocycles. The van der Waals surface area contributed by atoms with Crippen molar-refractivity contribution in [2.75, 3.05) is 0 Å². The Morgan fingerprint density at radius 3 is 2.60 bits per heavy atom. The standard InChI is InChI=1S/C6H9NO3/c1-3-2-4(6(9)10)7-5(3)8/h3-4H,2H2,1H3,(H,7,8)(H,9,10). The van der Waals surface area contributed by atoms with Crippen LogP contribution in [0.5, 0.6) is 0 Å². The van der Waals surface area contributed by atoms with E-state index in [4.69, 9.17) is 5.11 Å². The first-order valence-electron chi connectivity index (χ1n) is 3.14. The molecule has 2 N–H and O–H groups in total. The molecule has 2 unspecified atom stereocenters. The van der Waals surface area contributed by atoms with Crippen LogP contribution in [0.3, 0.4) is 0 Å². The van der Waals surface area contributed by atoms with E-state index in [0.29, 0.717) is 6.42 Å². The van der Waals surface area contributed by atoms with E-state index in [1.165, 1.54) is 0 Å². The molecule has 0 bridgehead atoms.